The molecule has 1 heterocycles. The maximum atomic E-state index is 12.4. The maximum absolute atomic E-state index is 12.4. The minimum atomic E-state index is -0.914. The van der Waals surface area contributed by atoms with Crippen molar-refractivity contribution < 1.29 is 19.6 Å². The summed E-state index contributed by atoms with van der Waals surface area (Å²) in [5.41, 5.74) is 0.789. The van der Waals surface area contributed by atoms with Crippen molar-refractivity contribution in [2.45, 2.75) is 25.3 Å². The molecule has 1 saturated carbocycles. The van der Waals surface area contributed by atoms with Gasteiger partial charge < -0.3 is 15.4 Å². The summed E-state index contributed by atoms with van der Waals surface area (Å²) >= 11 is 0. The largest absolute Gasteiger partial charge is 0.481 e. The number of nitrogens with one attached hydrogen (secondary N) is 2. The fourth-order valence-corrected chi connectivity index (χ4v) is 3.08. The van der Waals surface area contributed by atoms with Gasteiger partial charge in [0.15, 0.2) is 0 Å². The Labute approximate surface area is 130 Å². The molecule has 120 valence electrons. The van der Waals surface area contributed by atoms with Crippen LogP contribution in [-0.2, 0) is 4.79 Å². The summed E-state index contributed by atoms with van der Waals surface area (Å²) in [5, 5.41) is 23.2. The summed E-state index contributed by atoms with van der Waals surface area (Å²) in [7, 11) is 0. The standard InChI is InChI=1S/C15H15N3O5/c19-14(17-13-3-1-2-9(13)15(20)21)11-7-16-12-5-4-8(18(22)23)6-10(11)12/h4-7,9,13,16H,1-3H2,(H,17,19)(H,20,21)/t9-,13+/m1/s1. The molecule has 8 heteroatoms. The number of nitro benzene ring substituents is 1. The number of nitrogens with zero attached hydrogens (tertiary/aromatic N) is 1. The molecule has 3 rings (SSSR count). The van der Waals surface area contributed by atoms with Gasteiger partial charge in [-0.25, -0.2) is 0 Å². The van der Waals surface area contributed by atoms with Crippen molar-refractivity contribution in [3.8, 4) is 0 Å². The topological polar surface area (TPSA) is 125 Å². The van der Waals surface area contributed by atoms with Crippen molar-refractivity contribution >= 4 is 28.5 Å². The van der Waals surface area contributed by atoms with E-state index in [1.165, 1.54) is 18.3 Å². The monoisotopic (exact) mass is 317 g/mol. The van der Waals surface area contributed by atoms with Crippen LogP contribution in [0.15, 0.2) is 24.4 Å². The Morgan fingerprint density at radius 2 is 2.13 bits per heavy atom. The van der Waals surface area contributed by atoms with Crippen molar-refractivity contribution in [2.75, 3.05) is 0 Å². The Morgan fingerprint density at radius 3 is 2.83 bits per heavy atom. The minimum Gasteiger partial charge on any atom is -0.481 e. The summed E-state index contributed by atoms with van der Waals surface area (Å²) in [4.78, 5) is 36.9. The number of non-ortho nitro benzene ring substituents is 1. The molecule has 0 spiro atoms. The number of aromatic amines is 1. The van der Waals surface area contributed by atoms with Gasteiger partial charge in [-0.1, -0.05) is 6.42 Å². The van der Waals surface area contributed by atoms with Crippen LogP contribution in [0.5, 0.6) is 0 Å². The van der Waals surface area contributed by atoms with Gasteiger partial charge in [-0.2, -0.15) is 0 Å². The van der Waals surface area contributed by atoms with Gasteiger partial charge in [0, 0.05) is 35.3 Å². The number of fused-ring (bicyclic) bond motifs is 1. The molecule has 1 aromatic heterocycles. The predicted octanol–water partition coefficient (Wildman–Crippen LogP) is 2.06. The Balaban J connectivity index is 1.87. The molecule has 1 aliphatic rings. The summed E-state index contributed by atoms with van der Waals surface area (Å²) in [6.07, 6.45) is 3.39. The zero-order valence-electron chi connectivity index (χ0n) is 12.1. The molecule has 1 aliphatic carbocycles. The van der Waals surface area contributed by atoms with Crippen LogP contribution in [0, 0.1) is 16.0 Å². The maximum Gasteiger partial charge on any atom is 0.308 e. The van der Waals surface area contributed by atoms with Crippen molar-refractivity contribution in [3.63, 3.8) is 0 Å². The molecule has 0 saturated heterocycles. The van der Waals surface area contributed by atoms with Gasteiger partial charge in [0.25, 0.3) is 11.6 Å². The summed E-state index contributed by atoms with van der Waals surface area (Å²) in [5.74, 6) is -1.92. The molecule has 2 atom stereocenters. The molecule has 1 amide bonds. The second-order valence-corrected chi connectivity index (χ2v) is 5.64. The average molecular weight is 317 g/mol. The highest BCUT2D eigenvalue weighted by molar-refractivity contribution is 6.07. The number of hydrogen-bond donors (Lipinski definition) is 3. The lowest BCUT2D eigenvalue weighted by atomic mass is 10.0. The summed E-state index contributed by atoms with van der Waals surface area (Å²) in [6.45, 7) is 0. The fourth-order valence-electron chi connectivity index (χ4n) is 3.08. The van der Waals surface area contributed by atoms with E-state index in [0.29, 0.717) is 23.7 Å². The zero-order chi connectivity index (χ0) is 16.6. The zero-order valence-corrected chi connectivity index (χ0v) is 12.1. The first kappa shape index (κ1) is 15.0. The molecule has 0 bridgehead atoms. The number of carbonyl (C=O) groups excluding carboxylic acids is 1. The third-order valence-corrected chi connectivity index (χ3v) is 4.27. The van der Waals surface area contributed by atoms with E-state index in [-0.39, 0.29) is 11.3 Å². The Bertz CT molecular complexity index is 798. The number of benzene rings is 1. The first-order valence-corrected chi connectivity index (χ1v) is 7.26. The normalized spacial score (nSPS) is 20.5. The number of H-pyrrole nitrogens is 1. The SMILES string of the molecule is O=C(N[C@H]1CCC[C@H]1C(=O)O)c1c[nH]c2ccc([N+](=O)[O-])cc12. The van der Waals surface area contributed by atoms with Crippen LogP contribution in [0.1, 0.15) is 29.6 Å². The van der Waals surface area contributed by atoms with Gasteiger partial charge in [-0.15, -0.1) is 0 Å². The third kappa shape index (κ3) is 2.75. The van der Waals surface area contributed by atoms with Gasteiger partial charge in [-0.3, -0.25) is 19.7 Å². The second-order valence-electron chi connectivity index (χ2n) is 5.64. The molecule has 3 N–H and O–H groups in total. The molecule has 2 aromatic rings. The molecule has 0 radical (unpaired) electrons. The van der Waals surface area contributed by atoms with E-state index in [1.54, 1.807) is 6.07 Å². The average Bonchev–Trinajstić information content (AvgIpc) is 3.12. The van der Waals surface area contributed by atoms with Crippen LogP contribution in [-0.4, -0.2) is 32.9 Å². The van der Waals surface area contributed by atoms with Crippen LogP contribution < -0.4 is 5.32 Å². The van der Waals surface area contributed by atoms with E-state index in [4.69, 9.17) is 5.11 Å². The number of amides is 1. The molecule has 1 aromatic carbocycles. The van der Waals surface area contributed by atoms with Crippen LogP contribution in [0.25, 0.3) is 10.9 Å². The predicted molar refractivity (Wildman–Crippen MR) is 81.2 cm³/mol. The van der Waals surface area contributed by atoms with Gasteiger partial charge in [0.2, 0.25) is 0 Å². The third-order valence-electron chi connectivity index (χ3n) is 4.27. The molecule has 1 fully saturated rings. The van der Waals surface area contributed by atoms with Crippen molar-refractivity contribution in [1.29, 1.82) is 0 Å². The van der Waals surface area contributed by atoms with Crippen LogP contribution >= 0.6 is 0 Å². The van der Waals surface area contributed by atoms with Crippen molar-refractivity contribution in [3.05, 3.63) is 40.1 Å². The Hall–Kier alpha value is -2.90. The first-order valence-electron chi connectivity index (χ1n) is 7.26. The molecule has 8 nitrogen and oxygen atoms in total. The molecule has 0 aliphatic heterocycles. The molecule has 23 heavy (non-hydrogen) atoms. The number of carbonyl (C=O) groups is 2. The smallest absolute Gasteiger partial charge is 0.308 e. The lowest BCUT2D eigenvalue weighted by molar-refractivity contribution is -0.384. The highest BCUT2D eigenvalue weighted by Gasteiger charge is 2.34. The number of carboxylic acids is 1. The lowest BCUT2D eigenvalue weighted by Gasteiger charge is -2.17. The number of rotatable bonds is 4. The summed E-state index contributed by atoms with van der Waals surface area (Å²) < 4.78 is 0. The van der Waals surface area contributed by atoms with Gasteiger partial charge in [0.1, 0.15) is 0 Å². The van der Waals surface area contributed by atoms with E-state index in [9.17, 15) is 19.7 Å². The summed E-state index contributed by atoms with van der Waals surface area (Å²) in [6, 6.07) is 3.82. The highest BCUT2D eigenvalue weighted by Crippen LogP contribution is 2.27. The molecule has 0 unspecified atom stereocenters. The quantitative estimate of drug-likeness (QED) is 0.588. The fraction of sp³-hybridized carbons (Fsp3) is 0.333. The number of carboxylic acid groups (broad SMARTS) is 1. The van der Waals surface area contributed by atoms with Crippen molar-refractivity contribution in [2.24, 2.45) is 5.92 Å². The lowest BCUT2D eigenvalue weighted by Crippen LogP contribution is -2.40. The van der Waals surface area contributed by atoms with Crippen LogP contribution in [0.4, 0.5) is 5.69 Å². The number of hydrogen-bond acceptors (Lipinski definition) is 4. The van der Waals surface area contributed by atoms with E-state index in [2.05, 4.69) is 10.3 Å². The minimum absolute atomic E-state index is 0.101. The first-order chi connectivity index (χ1) is 11.0. The van der Waals surface area contributed by atoms with E-state index >= 15 is 0 Å². The second kappa shape index (κ2) is 5.71. The number of aromatic nitrogens is 1. The highest BCUT2D eigenvalue weighted by atomic mass is 16.6. The Kier molecular flexibility index (Phi) is 3.73. The number of aliphatic carboxylic acids is 1. The van der Waals surface area contributed by atoms with Gasteiger partial charge in [-0.05, 0) is 18.9 Å². The van der Waals surface area contributed by atoms with Crippen LogP contribution in [0.2, 0.25) is 0 Å². The van der Waals surface area contributed by atoms with E-state index < -0.39 is 28.8 Å². The van der Waals surface area contributed by atoms with Gasteiger partial charge in [0.05, 0.1) is 16.4 Å². The van der Waals surface area contributed by atoms with Crippen molar-refractivity contribution in [1.82, 2.24) is 10.3 Å². The van der Waals surface area contributed by atoms with Gasteiger partial charge >= 0.3 is 5.97 Å². The van der Waals surface area contributed by atoms with E-state index in [0.717, 1.165) is 6.42 Å². The number of nitro groups is 1. The molecular formula is C15H15N3O5. The Morgan fingerprint density at radius 1 is 1.35 bits per heavy atom. The van der Waals surface area contributed by atoms with E-state index in [1.807, 2.05) is 0 Å². The molecular weight excluding hydrogens is 302 g/mol. The van der Waals surface area contributed by atoms with Crippen LogP contribution in [0.3, 0.4) is 0 Å².